The van der Waals surface area contributed by atoms with Crippen LogP contribution in [-0.2, 0) is 20.5 Å². The summed E-state index contributed by atoms with van der Waals surface area (Å²) in [6.07, 6.45) is 0.813. The molecular formula is C9H15N7S. The molecule has 0 aliphatic heterocycles. The van der Waals surface area contributed by atoms with Crippen LogP contribution in [0, 0.1) is 6.92 Å². The van der Waals surface area contributed by atoms with Gasteiger partial charge in [-0.05, 0) is 42.1 Å². The molecule has 2 N–H and O–H groups in total. The number of aryl methyl sites for hydroxylation is 3. The number of rotatable bonds is 4. The fourth-order valence-electron chi connectivity index (χ4n) is 1.63. The Bertz CT molecular complexity index is 515. The molecular weight excluding hydrogens is 238 g/mol. The Kier molecular flexibility index (Phi) is 3.43. The van der Waals surface area contributed by atoms with Crippen molar-refractivity contribution in [1.29, 1.82) is 0 Å². The lowest BCUT2D eigenvalue weighted by molar-refractivity contribution is 0.657. The molecule has 0 spiro atoms. The molecule has 8 heteroatoms. The molecule has 92 valence electrons. The summed E-state index contributed by atoms with van der Waals surface area (Å²) in [5.74, 6) is 0. The van der Waals surface area contributed by atoms with Crippen molar-refractivity contribution in [2.45, 2.75) is 23.5 Å². The molecule has 0 fully saturated rings. The van der Waals surface area contributed by atoms with Crippen LogP contribution in [0.15, 0.2) is 10.2 Å². The van der Waals surface area contributed by atoms with Gasteiger partial charge in [0.1, 0.15) is 5.03 Å². The minimum Gasteiger partial charge on any atom is -0.330 e. The third kappa shape index (κ3) is 2.32. The Labute approximate surface area is 103 Å². The molecule has 2 heterocycles. The Morgan fingerprint density at radius 2 is 2.06 bits per heavy atom. The second-order valence-electron chi connectivity index (χ2n) is 3.72. The molecule has 0 radical (unpaired) electrons. The van der Waals surface area contributed by atoms with E-state index < -0.39 is 0 Å². The molecule has 2 rings (SSSR count). The summed E-state index contributed by atoms with van der Waals surface area (Å²) in [5, 5.41) is 17.6. The Morgan fingerprint density at radius 1 is 1.29 bits per heavy atom. The molecule has 0 atom stereocenters. The van der Waals surface area contributed by atoms with Crippen LogP contribution in [0.5, 0.6) is 0 Å². The van der Waals surface area contributed by atoms with Crippen molar-refractivity contribution in [2.75, 3.05) is 6.54 Å². The summed E-state index contributed by atoms with van der Waals surface area (Å²) in [4.78, 5) is 0. The van der Waals surface area contributed by atoms with Crippen LogP contribution in [0.2, 0.25) is 0 Å². The molecule has 0 bridgehead atoms. The van der Waals surface area contributed by atoms with E-state index in [-0.39, 0.29) is 0 Å². The molecule has 0 aliphatic carbocycles. The summed E-state index contributed by atoms with van der Waals surface area (Å²) in [6, 6.07) is 0. The fourth-order valence-corrected chi connectivity index (χ4v) is 2.60. The van der Waals surface area contributed by atoms with Crippen molar-refractivity contribution in [1.82, 2.24) is 30.0 Å². The molecule has 0 aromatic carbocycles. The van der Waals surface area contributed by atoms with E-state index >= 15 is 0 Å². The third-order valence-electron chi connectivity index (χ3n) is 2.45. The van der Waals surface area contributed by atoms with Gasteiger partial charge < -0.3 is 5.73 Å². The van der Waals surface area contributed by atoms with Crippen LogP contribution in [0.25, 0.3) is 0 Å². The maximum Gasteiger partial charge on any atom is 0.215 e. The predicted octanol–water partition coefficient (Wildman–Crippen LogP) is -0.0956. The maximum absolute atomic E-state index is 5.62. The van der Waals surface area contributed by atoms with E-state index in [4.69, 9.17) is 5.73 Å². The van der Waals surface area contributed by atoms with Crippen LogP contribution in [-0.4, -0.2) is 36.5 Å². The van der Waals surface area contributed by atoms with Gasteiger partial charge in [0, 0.05) is 19.7 Å². The molecule has 0 saturated carbocycles. The molecule has 0 amide bonds. The van der Waals surface area contributed by atoms with Crippen molar-refractivity contribution < 1.29 is 0 Å². The lowest BCUT2D eigenvalue weighted by Crippen LogP contribution is -2.05. The second-order valence-corrected chi connectivity index (χ2v) is 4.67. The zero-order valence-electron chi connectivity index (χ0n) is 10.1. The van der Waals surface area contributed by atoms with Gasteiger partial charge in [-0.3, -0.25) is 4.68 Å². The van der Waals surface area contributed by atoms with E-state index in [0.29, 0.717) is 6.54 Å². The molecule has 7 nitrogen and oxygen atoms in total. The fraction of sp³-hybridized carbons (Fsp3) is 0.556. The van der Waals surface area contributed by atoms with Gasteiger partial charge in [-0.2, -0.15) is 5.10 Å². The first-order valence-electron chi connectivity index (χ1n) is 5.26. The summed E-state index contributed by atoms with van der Waals surface area (Å²) < 4.78 is 3.49. The van der Waals surface area contributed by atoms with E-state index in [1.165, 1.54) is 17.3 Å². The molecule has 0 aliphatic rings. The maximum atomic E-state index is 5.62. The first-order valence-corrected chi connectivity index (χ1v) is 6.08. The standard InChI is InChI=1S/C9H15N7S/c1-6-7(4-5-10)8(15(2)12-6)17-9-11-13-14-16(9)3/h4-5,10H2,1-3H3. The zero-order chi connectivity index (χ0) is 12.4. The Morgan fingerprint density at radius 3 is 2.65 bits per heavy atom. The van der Waals surface area contributed by atoms with Crippen LogP contribution in [0.1, 0.15) is 11.3 Å². The van der Waals surface area contributed by atoms with Gasteiger partial charge >= 0.3 is 0 Å². The first-order chi connectivity index (χ1) is 8.13. The van der Waals surface area contributed by atoms with Crippen molar-refractivity contribution in [2.24, 2.45) is 19.8 Å². The van der Waals surface area contributed by atoms with E-state index in [0.717, 1.165) is 22.3 Å². The van der Waals surface area contributed by atoms with E-state index in [2.05, 4.69) is 20.6 Å². The van der Waals surface area contributed by atoms with E-state index in [1.807, 2.05) is 25.7 Å². The van der Waals surface area contributed by atoms with Crippen LogP contribution < -0.4 is 5.73 Å². The predicted molar refractivity (Wildman–Crippen MR) is 63.6 cm³/mol. The highest BCUT2D eigenvalue weighted by Gasteiger charge is 2.16. The van der Waals surface area contributed by atoms with Crippen LogP contribution >= 0.6 is 11.8 Å². The summed E-state index contributed by atoms with van der Waals surface area (Å²) in [6.45, 7) is 2.60. The number of hydrogen-bond acceptors (Lipinski definition) is 6. The second kappa shape index (κ2) is 4.84. The Hall–Kier alpha value is -1.41. The van der Waals surface area contributed by atoms with Crippen LogP contribution in [0.4, 0.5) is 0 Å². The van der Waals surface area contributed by atoms with Crippen LogP contribution in [0.3, 0.4) is 0 Å². The highest BCUT2D eigenvalue weighted by molar-refractivity contribution is 7.99. The minimum atomic E-state index is 0.608. The van der Waals surface area contributed by atoms with E-state index in [1.54, 1.807) is 4.68 Å². The van der Waals surface area contributed by atoms with Gasteiger partial charge in [0.05, 0.1) is 5.69 Å². The first kappa shape index (κ1) is 12.1. The lowest BCUT2D eigenvalue weighted by atomic mass is 10.2. The molecule has 0 saturated heterocycles. The number of aromatic nitrogens is 6. The molecule has 17 heavy (non-hydrogen) atoms. The third-order valence-corrected chi connectivity index (χ3v) is 3.68. The Balaban J connectivity index is 2.35. The molecule has 2 aromatic rings. The average molecular weight is 253 g/mol. The average Bonchev–Trinajstić information content (AvgIpc) is 2.78. The monoisotopic (exact) mass is 253 g/mol. The van der Waals surface area contributed by atoms with Gasteiger partial charge in [0.25, 0.3) is 0 Å². The summed E-state index contributed by atoms with van der Waals surface area (Å²) in [5.41, 5.74) is 7.80. The highest BCUT2D eigenvalue weighted by atomic mass is 32.2. The summed E-state index contributed by atoms with van der Waals surface area (Å²) in [7, 11) is 3.73. The highest BCUT2D eigenvalue weighted by Crippen LogP contribution is 2.29. The smallest absolute Gasteiger partial charge is 0.215 e. The molecule has 0 unspecified atom stereocenters. The van der Waals surface area contributed by atoms with Gasteiger partial charge in [-0.1, -0.05) is 0 Å². The van der Waals surface area contributed by atoms with Gasteiger partial charge in [0.2, 0.25) is 5.16 Å². The van der Waals surface area contributed by atoms with Gasteiger partial charge in [-0.15, -0.1) is 5.10 Å². The quantitative estimate of drug-likeness (QED) is 0.819. The van der Waals surface area contributed by atoms with Crippen molar-refractivity contribution >= 4 is 11.8 Å². The van der Waals surface area contributed by atoms with E-state index in [9.17, 15) is 0 Å². The van der Waals surface area contributed by atoms with Crippen molar-refractivity contribution in [3.63, 3.8) is 0 Å². The topological polar surface area (TPSA) is 87.4 Å². The number of nitrogens with zero attached hydrogens (tertiary/aromatic N) is 6. The largest absolute Gasteiger partial charge is 0.330 e. The number of nitrogens with two attached hydrogens (primary N) is 1. The normalized spacial score (nSPS) is 11.1. The molecule has 2 aromatic heterocycles. The van der Waals surface area contributed by atoms with Crippen molar-refractivity contribution in [3.8, 4) is 0 Å². The van der Waals surface area contributed by atoms with Gasteiger partial charge in [-0.25, -0.2) is 4.68 Å². The summed E-state index contributed by atoms with van der Waals surface area (Å²) >= 11 is 1.51. The van der Waals surface area contributed by atoms with Gasteiger partial charge in [0.15, 0.2) is 0 Å². The van der Waals surface area contributed by atoms with Crippen molar-refractivity contribution in [3.05, 3.63) is 11.3 Å². The lowest BCUT2D eigenvalue weighted by Gasteiger charge is -2.03. The SMILES string of the molecule is Cc1nn(C)c(Sc2nnnn2C)c1CCN. The number of tetrazole rings is 1. The number of hydrogen-bond donors (Lipinski definition) is 1. The zero-order valence-corrected chi connectivity index (χ0v) is 10.9. The minimum absolute atomic E-state index is 0.608.